The number of rotatable bonds is 7. The van der Waals surface area contributed by atoms with E-state index in [1.165, 1.54) is 6.07 Å². The fourth-order valence-electron chi connectivity index (χ4n) is 2.07. The zero-order valence-electron chi connectivity index (χ0n) is 14.2. The van der Waals surface area contributed by atoms with Gasteiger partial charge in [0.15, 0.2) is 12.4 Å². The third kappa shape index (κ3) is 5.83. The van der Waals surface area contributed by atoms with E-state index in [4.69, 9.17) is 21.4 Å². The predicted molar refractivity (Wildman–Crippen MR) is 95.2 cm³/mol. The maximum absolute atomic E-state index is 12.6. The van der Waals surface area contributed by atoms with Gasteiger partial charge >= 0.3 is 12.1 Å². The number of aliphatic hydroxyl groups is 1. The Morgan fingerprint density at radius 1 is 1.25 bits per heavy atom. The van der Waals surface area contributed by atoms with E-state index in [2.05, 4.69) is 15.6 Å². The Morgan fingerprint density at radius 2 is 1.96 bits per heavy atom. The van der Waals surface area contributed by atoms with E-state index in [9.17, 15) is 22.8 Å². The largest absolute Gasteiger partial charge is 0.452 e. The number of carbonyl (C=O) groups is 2. The Balaban J connectivity index is 1.97. The summed E-state index contributed by atoms with van der Waals surface area (Å²) in [6, 6.07) is 6.94. The number of halogens is 4. The monoisotopic (exact) mass is 417 g/mol. The Bertz CT molecular complexity index is 862. The van der Waals surface area contributed by atoms with Crippen molar-refractivity contribution < 1.29 is 32.6 Å². The van der Waals surface area contributed by atoms with Crippen LogP contribution in [0.15, 0.2) is 36.5 Å². The average molecular weight is 418 g/mol. The Labute approximate surface area is 162 Å². The number of ether oxygens (including phenoxy) is 1. The van der Waals surface area contributed by atoms with Gasteiger partial charge in [-0.15, -0.1) is 0 Å². The van der Waals surface area contributed by atoms with Gasteiger partial charge in [-0.2, -0.15) is 13.2 Å². The van der Waals surface area contributed by atoms with Crippen LogP contribution in [0.2, 0.25) is 5.02 Å². The minimum Gasteiger partial charge on any atom is -0.452 e. The number of anilines is 2. The highest BCUT2D eigenvalue weighted by Gasteiger charge is 2.31. The molecule has 150 valence electrons. The van der Waals surface area contributed by atoms with Gasteiger partial charge < -0.3 is 20.5 Å². The highest BCUT2D eigenvalue weighted by atomic mass is 35.5. The van der Waals surface area contributed by atoms with Crippen molar-refractivity contribution in [1.82, 2.24) is 4.98 Å². The number of esters is 1. The highest BCUT2D eigenvalue weighted by Crippen LogP contribution is 2.32. The number of hydrogen-bond acceptors (Lipinski definition) is 6. The predicted octanol–water partition coefficient (Wildman–Crippen LogP) is 2.95. The van der Waals surface area contributed by atoms with Crippen molar-refractivity contribution in [3.05, 3.63) is 52.7 Å². The zero-order chi connectivity index (χ0) is 20.7. The maximum atomic E-state index is 12.6. The van der Waals surface area contributed by atoms with Gasteiger partial charge in [0, 0.05) is 18.4 Å². The van der Waals surface area contributed by atoms with Crippen LogP contribution in [0.5, 0.6) is 0 Å². The van der Waals surface area contributed by atoms with Crippen molar-refractivity contribution in [2.45, 2.75) is 6.18 Å². The lowest BCUT2D eigenvalue weighted by molar-refractivity contribution is -0.137. The standard InChI is InChI=1S/C17H15ClF3N3O4/c18-12-7-10(17(19,20)21)8-23-15(12)24-14(26)9-28-16(27)11-3-1-2-4-13(11)22-5-6-25/h1-4,7-8,22,25H,5-6,9H2,(H,23,24,26). The van der Waals surface area contributed by atoms with Crippen molar-refractivity contribution in [1.29, 1.82) is 0 Å². The fourth-order valence-corrected chi connectivity index (χ4v) is 2.28. The second kappa shape index (κ2) is 9.38. The molecular formula is C17H15ClF3N3O4. The molecule has 0 atom stereocenters. The van der Waals surface area contributed by atoms with Crippen LogP contribution in [0.25, 0.3) is 0 Å². The van der Waals surface area contributed by atoms with Crippen molar-refractivity contribution in [3.63, 3.8) is 0 Å². The van der Waals surface area contributed by atoms with E-state index < -0.39 is 35.2 Å². The van der Waals surface area contributed by atoms with Crippen molar-refractivity contribution >= 4 is 35.0 Å². The molecule has 28 heavy (non-hydrogen) atoms. The smallest absolute Gasteiger partial charge is 0.417 e. The van der Waals surface area contributed by atoms with E-state index in [0.717, 1.165) is 0 Å². The van der Waals surface area contributed by atoms with Crippen molar-refractivity contribution in [3.8, 4) is 0 Å². The summed E-state index contributed by atoms with van der Waals surface area (Å²) >= 11 is 5.69. The number of alkyl halides is 3. The molecule has 0 unspecified atom stereocenters. The first-order chi connectivity index (χ1) is 13.2. The number of aliphatic hydroxyl groups excluding tert-OH is 1. The summed E-state index contributed by atoms with van der Waals surface area (Å²) < 4.78 is 42.6. The minimum absolute atomic E-state index is 0.146. The molecule has 0 saturated carbocycles. The third-order valence-corrected chi connectivity index (χ3v) is 3.62. The van der Waals surface area contributed by atoms with Crippen LogP contribution in [0.3, 0.4) is 0 Å². The molecule has 3 N–H and O–H groups in total. The van der Waals surface area contributed by atoms with Crippen LogP contribution in [0.1, 0.15) is 15.9 Å². The first kappa shape index (κ1) is 21.5. The molecule has 0 saturated heterocycles. The summed E-state index contributed by atoms with van der Waals surface area (Å²) in [6.07, 6.45) is -4.09. The fraction of sp³-hybridized carbons (Fsp3) is 0.235. The molecule has 1 aromatic carbocycles. The lowest BCUT2D eigenvalue weighted by atomic mass is 10.2. The first-order valence-electron chi connectivity index (χ1n) is 7.86. The van der Waals surface area contributed by atoms with Crippen molar-refractivity contribution in [2.24, 2.45) is 0 Å². The molecule has 0 aliphatic carbocycles. The highest BCUT2D eigenvalue weighted by molar-refractivity contribution is 6.33. The summed E-state index contributed by atoms with van der Waals surface area (Å²) in [6.45, 7) is -0.637. The molecule has 0 radical (unpaired) electrons. The molecule has 1 aromatic heterocycles. The second-order valence-electron chi connectivity index (χ2n) is 5.37. The Morgan fingerprint density at radius 3 is 2.61 bits per heavy atom. The molecule has 0 spiro atoms. The van der Waals surface area contributed by atoms with Gasteiger partial charge in [-0.3, -0.25) is 4.79 Å². The number of aromatic nitrogens is 1. The zero-order valence-corrected chi connectivity index (χ0v) is 15.0. The molecule has 0 bridgehead atoms. The molecule has 7 nitrogen and oxygen atoms in total. The van der Waals surface area contributed by atoms with Crippen LogP contribution in [-0.4, -0.2) is 41.7 Å². The van der Waals surface area contributed by atoms with E-state index in [1.54, 1.807) is 18.2 Å². The number of nitrogens with one attached hydrogen (secondary N) is 2. The van der Waals surface area contributed by atoms with Gasteiger partial charge in [0.25, 0.3) is 5.91 Å². The van der Waals surface area contributed by atoms with Gasteiger partial charge in [-0.1, -0.05) is 23.7 Å². The number of benzene rings is 1. The average Bonchev–Trinajstić information content (AvgIpc) is 2.65. The van der Waals surface area contributed by atoms with Gasteiger partial charge in [0.1, 0.15) is 0 Å². The maximum Gasteiger partial charge on any atom is 0.417 e. The van der Waals surface area contributed by atoms with Crippen LogP contribution in [0.4, 0.5) is 24.7 Å². The molecule has 2 aromatic rings. The van der Waals surface area contributed by atoms with E-state index >= 15 is 0 Å². The van der Waals surface area contributed by atoms with Crippen LogP contribution in [0, 0.1) is 0 Å². The molecule has 0 aliphatic heterocycles. The molecule has 11 heteroatoms. The molecular weight excluding hydrogens is 403 g/mol. The normalized spacial score (nSPS) is 11.0. The number of nitrogens with zero attached hydrogens (tertiary/aromatic N) is 1. The summed E-state index contributed by atoms with van der Waals surface area (Å²) in [5.41, 5.74) is -0.502. The van der Waals surface area contributed by atoms with E-state index in [0.29, 0.717) is 18.0 Å². The summed E-state index contributed by atoms with van der Waals surface area (Å²) in [4.78, 5) is 27.5. The summed E-state index contributed by atoms with van der Waals surface area (Å²) in [7, 11) is 0. The van der Waals surface area contributed by atoms with Crippen LogP contribution in [-0.2, 0) is 15.7 Å². The first-order valence-corrected chi connectivity index (χ1v) is 8.23. The summed E-state index contributed by atoms with van der Waals surface area (Å²) in [5.74, 6) is -1.92. The van der Waals surface area contributed by atoms with Gasteiger partial charge in [0.05, 0.1) is 22.8 Å². The number of amides is 1. The SMILES string of the molecule is O=C(COC(=O)c1ccccc1NCCO)Nc1ncc(C(F)(F)F)cc1Cl. The van der Waals surface area contributed by atoms with Crippen LogP contribution >= 0.6 is 11.6 Å². The Kier molecular flexibility index (Phi) is 7.18. The lowest BCUT2D eigenvalue weighted by Crippen LogP contribution is -2.22. The summed E-state index contributed by atoms with van der Waals surface area (Å²) in [5, 5.41) is 13.4. The van der Waals surface area contributed by atoms with Crippen molar-refractivity contribution in [2.75, 3.05) is 30.4 Å². The minimum atomic E-state index is -4.62. The van der Waals surface area contributed by atoms with Gasteiger partial charge in [-0.25, -0.2) is 9.78 Å². The molecule has 2 rings (SSSR count). The van der Waals surface area contributed by atoms with Crippen LogP contribution < -0.4 is 10.6 Å². The van der Waals surface area contributed by atoms with E-state index in [1.807, 2.05) is 0 Å². The second-order valence-corrected chi connectivity index (χ2v) is 5.78. The topological polar surface area (TPSA) is 101 Å². The number of pyridine rings is 1. The number of para-hydroxylation sites is 1. The number of carbonyl (C=O) groups excluding carboxylic acids is 2. The molecule has 0 aliphatic rings. The van der Waals surface area contributed by atoms with Gasteiger partial charge in [-0.05, 0) is 18.2 Å². The van der Waals surface area contributed by atoms with Gasteiger partial charge in [0.2, 0.25) is 0 Å². The number of hydrogen-bond donors (Lipinski definition) is 3. The quantitative estimate of drug-likeness (QED) is 0.599. The van der Waals surface area contributed by atoms with E-state index in [-0.39, 0.29) is 24.5 Å². The third-order valence-electron chi connectivity index (χ3n) is 3.33. The molecule has 1 amide bonds. The molecule has 0 fully saturated rings. The molecule has 1 heterocycles. The lowest BCUT2D eigenvalue weighted by Gasteiger charge is -2.12. The Hall–Kier alpha value is -2.85.